The molecule has 1 atom stereocenters. The van der Waals surface area contributed by atoms with E-state index in [1.54, 1.807) is 0 Å². The number of piperidine rings is 1. The third-order valence-corrected chi connectivity index (χ3v) is 4.96. The molecule has 0 bridgehead atoms. The number of methoxy groups -OCH3 is 1. The summed E-state index contributed by atoms with van der Waals surface area (Å²) in [6, 6.07) is 9.17. The summed E-state index contributed by atoms with van der Waals surface area (Å²) >= 11 is 0. The number of nitrogens with zero attached hydrogens (tertiary/aromatic N) is 2. The van der Waals surface area contributed by atoms with Gasteiger partial charge in [-0.3, -0.25) is 9.69 Å². The largest absolute Gasteiger partial charge is 0.467 e. The van der Waals surface area contributed by atoms with Gasteiger partial charge in [0, 0.05) is 12.5 Å². The third-order valence-electron chi connectivity index (χ3n) is 4.96. The molecular weight excluding hydrogens is 342 g/mol. The van der Waals surface area contributed by atoms with Gasteiger partial charge in [-0.15, -0.1) is 0 Å². The lowest BCUT2D eigenvalue weighted by atomic mass is 9.94. The number of ether oxygens (including phenoxy) is 1. The Kier molecular flexibility index (Phi) is 7.81. The number of nitriles is 1. The van der Waals surface area contributed by atoms with Gasteiger partial charge in [-0.05, 0) is 56.0 Å². The first-order valence-electron chi connectivity index (χ1n) is 9.52. The molecule has 0 aliphatic carbocycles. The molecular formula is C21H29N3O3. The highest BCUT2D eigenvalue weighted by Crippen LogP contribution is 2.20. The summed E-state index contributed by atoms with van der Waals surface area (Å²) in [6.07, 6.45) is 2.13. The van der Waals surface area contributed by atoms with E-state index >= 15 is 0 Å². The highest BCUT2D eigenvalue weighted by Gasteiger charge is 2.29. The minimum Gasteiger partial charge on any atom is -0.467 e. The number of carbonyl (C=O) groups excluding carboxylic acids is 2. The summed E-state index contributed by atoms with van der Waals surface area (Å²) in [4.78, 5) is 26.8. The Labute approximate surface area is 161 Å². The van der Waals surface area contributed by atoms with Crippen molar-refractivity contribution in [3.63, 3.8) is 0 Å². The van der Waals surface area contributed by atoms with Crippen molar-refractivity contribution in [1.82, 2.24) is 10.2 Å². The van der Waals surface area contributed by atoms with Crippen molar-refractivity contribution >= 4 is 11.9 Å². The molecule has 6 heteroatoms. The average Bonchev–Trinajstić information content (AvgIpc) is 2.67. The van der Waals surface area contributed by atoms with Crippen molar-refractivity contribution < 1.29 is 14.3 Å². The average molecular weight is 371 g/mol. The standard InChI is InChI=1S/C21H29N3O3/c1-15(2)12-19(21(26)27-3)23-20(25)18-8-10-24(11-9-18)14-17-6-4-16(13-22)5-7-17/h4-7,15,18-19H,8-12,14H2,1-3H3,(H,23,25). The quantitative estimate of drug-likeness (QED) is 0.745. The molecule has 1 N–H and O–H groups in total. The number of nitrogens with one attached hydrogen (secondary N) is 1. The molecule has 1 saturated heterocycles. The van der Waals surface area contributed by atoms with Gasteiger partial charge >= 0.3 is 5.97 Å². The van der Waals surface area contributed by atoms with E-state index < -0.39 is 6.04 Å². The number of hydrogen-bond acceptors (Lipinski definition) is 5. The van der Waals surface area contributed by atoms with Crippen LogP contribution in [0.3, 0.4) is 0 Å². The first-order chi connectivity index (χ1) is 12.9. The SMILES string of the molecule is COC(=O)C(CC(C)C)NC(=O)C1CCN(Cc2ccc(C#N)cc2)CC1. The Bertz CT molecular complexity index is 671. The van der Waals surface area contributed by atoms with E-state index in [-0.39, 0.29) is 17.8 Å². The van der Waals surface area contributed by atoms with Gasteiger partial charge in [0.1, 0.15) is 6.04 Å². The topological polar surface area (TPSA) is 82.4 Å². The number of carbonyl (C=O) groups is 2. The Balaban J connectivity index is 1.83. The molecule has 2 rings (SSSR count). The first kappa shape index (κ1) is 20.9. The van der Waals surface area contributed by atoms with Crippen LogP contribution in [0.25, 0.3) is 0 Å². The normalized spacial score (nSPS) is 16.6. The highest BCUT2D eigenvalue weighted by atomic mass is 16.5. The second kappa shape index (κ2) is 10.1. The van der Waals surface area contributed by atoms with Gasteiger partial charge < -0.3 is 10.1 Å². The maximum absolute atomic E-state index is 12.6. The molecule has 0 radical (unpaired) electrons. The van der Waals surface area contributed by atoms with Crippen molar-refractivity contribution in [3.8, 4) is 6.07 Å². The summed E-state index contributed by atoms with van der Waals surface area (Å²) in [5, 5.41) is 11.7. The molecule has 0 spiro atoms. The molecule has 1 amide bonds. The second-order valence-corrected chi connectivity index (χ2v) is 7.57. The van der Waals surface area contributed by atoms with Crippen molar-refractivity contribution in [2.45, 2.75) is 45.7 Å². The highest BCUT2D eigenvalue weighted by molar-refractivity contribution is 5.85. The van der Waals surface area contributed by atoms with Crippen molar-refractivity contribution in [2.75, 3.05) is 20.2 Å². The molecule has 1 aromatic carbocycles. The number of likely N-dealkylation sites (tertiary alicyclic amines) is 1. The molecule has 1 heterocycles. The van der Waals surface area contributed by atoms with Crippen LogP contribution in [0.1, 0.15) is 44.2 Å². The molecule has 1 aliphatic rings. The summed E-state index contributed by atoms with van der Waals surface area (Å²) in [7, 11) is 1.35. The Morgan fingerprint density at radius 1 is 1.26 bits per heavy atom. The van der Waals surface area contributed by atoms with Crippen LogP contribution in [0.4, 0.5) is 0 Å². The summed E-state index contributed by atoms with van der Waals surface area (Å²) in [5.74, 6) is -0.204. The Morgan fingerprint density at radius 2 is 1.89 bits per heavy atom. The number of amides is 1. The number of hydrogen-bond donors (Lipinski definition) is 1. The van der Waals surface area contributed by atoms with E-state index in [0.29, 0.717) is 17.9 Å². The predicted octanol–water partition coefficient (Wildman–Crippen LogP) is 2.47. The zero-order valence-corrected chi connectivity index (χ0v) is 16.4. The summed E-state index contributed by atoms with van der Waals surface area (Å²) in [5.41, 5.74) is 1.83. The zero-order chi connectivity index (χ0) is 19.8. The van der Waals surface area contributed by atoms with E-state index in [9.17, 15) is 9.59 Å². The van der Waals surface area contributed by atoms with Crippen molar-refractivity contribution in [3.05, 3.63) is 35.4 Å². The lowest BCUT2D eigenvalue weighted by molar-refractivity contribution is -0.146. The summed E-state index contributed by atoms with van der Waals surface area (Å²) in [6.45, 7) is 6.53. The van der Waals surface area contributed by atoms with E-state index in [0.717, 1.165) is 32.5 Å². The Morgan fingerprint density at radius 3 is 2.41 bits per heavy atom. The van der Waals surface area contributed by atoms with Crippen molar-refractivity contribution in [1.29, 1.82) is 5.26 Å². The molecule has 27 heavy (non-hydrogen) atoms. The van der Waals surface area contributed by atoms with Gasteiger partial charge in [-0.25, -0.2) is 4.79 Å². The van der Waals surface area contributed by atoms with Gasteiger partial charge in [0.05, 0.1) is 18.7 Å². The van der Waals surface area contributed by atoms with Crippen LogP contribution in [0.2, 0.25) is 0 Å². The molecule has 1 unspecified atom stereocenters. The molecule has 146 valence electrons. The van der Waals surface area contributed by atoms with Crippen LogP contribution >= 0.6 is 0 Å². The van der Waals surface area contributed by atoms with Gasteiger partial charge in [-0.2, -0.15) is 5.26 Å². The maximum Gasteiger partial charge on any atom is 0.328 e. The van der Waals surface area contributed by atoms with E-state index in [4.69, 9.17) is 10.00 Å². The van der Waals surface area contributed by atoms with Crippen LogP contribution in [-0.4, -0.2) is 43.0 Å². The first-order valence-corrected chi connectivity index (χ1v) is 9.52. The lowest BCUT2D eigenvalue weighted by Crippen LogP contribution is -2.47. The van der Waals surface area contributed by atoms with Crippen molar-refractivity contribution in [2.24, 2.45) is 11.8 Å². The molecule has 1 aliphatic heterocycles. The van der Waals surface area contributed by atoms with Gasteiger partial charge in [0.2, 0.25) is 5.91 Å². The predicted molar refractivity (Wildman–Crippen MR) is 103 cm³/mol. The zero-order valence-electron chi connectivity index (χ0n) is 16.4. The van der Waals surface area contributed by atoms with Gasteiger partial charge in [0.15, 0.2) is 0 Å². The van der Waals surface area contributed by atoms with Crippen LogP contribution in [-0.2, 0) is 20.9 Å². The molecule has 6 nitrogen and oxygen atoms in total. The maximum atomic E-state index is 12.6. The second-order valence-electron chi connectivity index (χ2n) is 7.57. The third kappa shape index (κ3) is 6.37. The monoisotopic (exact) mass is 371 g/mol. The van der Waals surface area contributed by atoms with Gasteiger partial charge in [0.25, 0.3) is 0 Å². The molecule has 1 fully saturated rings. The summed E-state index contributed by atoms with van der Waals surface area (Å²) < 4.78 is 4.82. The van der Waals surface area contributed by atoms with Crippen LogP contribution in [0.5, 0.6) is 0 Å². The minimum atomic E-state index is -0.570. The Hall–Kier alpha value is -2.39. The van der Waals surface area contributed by atoms with E-state index in [1.807, 2.05) is 38.1 Å². The van der Waals surface area contributed by atoms with E-state index in [1.165, 1.54) is 12.7 Å². The fourth-order valence-corrected chi connectivity index (χ4v) is 3.41. The van der Waals surface area contributed by atoms with E-state index in [2.05, 4.69) is 16.3 Å². The molecule has 1 aromatic rings. The van der Waals surface area contributed by atoms with Crippen LogP contribution in [0, 0.1) is 23.2 Å². The fourth-order valence-electron chi connectivity index (χ4n) is 3.41. The fraction of sp³-hybridized carbons (Fsp3) is 0.571. The number of esters is 1. The number of rotatable bonds is 7. The lowest BCUT2D eigenvalue weighted by Gasteiger charge is -2.32. The molecule has 0 saturated carbocycles. The smallest absolute Gasteiger partial charge is 0.328 e. The van der Waals surface area contributed by atoms with Crippen LogP contribution < -0.4 is 5.32 Å². The molecule has 0 aromatic heterocycles. The number of benzene rings is 1. The van der Waals surface area contributed by atoms with Crippen LogP contribution in [0.15, 0.2) is 24.3 Å². The minimum absolute atomic E-state index is 0.0518. The van der Waals surface area contributed by atoms with Gasteiger partial charge in [-0.1, -0.05) is 26.0 Å².